The van der Waals surface area contributed by atoms with E-state index < -0.39 is 5.41 Å². The molecule has 1 spiro atoms. The van der Waals surface area contributed by atoms with Gasteiger partial charge in [0.15, 0.2) is 0 Å². The summed E-state index contributed by atoms with van der Waals surface area (Å²) in [7, 11) is 0. The zero-order valence-electron chi connectivity index (χ0n) is 32.8. The van der Waals surface area contributed by atoms with E-state index in [1.54, 1.807) is 5.56 Å². The largest absolute Gasteiger partial charge is 0.310 e. The second-order valence-corrected chi connectivity index (χ2v) is 16.9. The molecule has 0 saturated carbocycles. The van der Waals surface area contributed by atoms with Crippen LogP contribution in [0.25, 0.3) is 44.5 Å². The summed E-state index contributed by atoms with van der Waals surface area (Å²) in [4.78, 5) is 2.55. The number of hydrogen-bond acceptors (Lipinski definition) is 1. The molecule has 4 aliphatic rings. The molecule has 1 heteroatoms. The molecule has 0 aromatic heterocycles. The van der Waals surface area contributed by atoms with E-state index >= 15 is 0 Å². The molecule has 0 heterocycles. The maximum atomic E-state index is 2.58. The average molecular weight is 744 g/mol. The number of rotatable bonds is 5. The fourth-order valence-corrected chi connectivity index (χ4v) is 11.3. The monoisotopic (exact) mass is 743 g/mol. The number of aryl methyl sites for hydroxylation is 3. The molecule has 4 aliphatic carbocycles. The molecule has 0 aliphatic heterocycles. The topological polar surface area (TPSA) is 3.24 Å². The Morgan fingerprint density at radius 3 is 1.57 bits per heavy atom. The zero-order valence-corrected chi connectivity index (χ0v) is 32.8. The van der Waals surface area contributed by atoms with Gasteiger partial charge in [0.2, 0.25) is 0 Å². The van der Waals surface area contributed by atoms with Crippen LogP contribution in [0.1, 0.15) is 70.2 Å². The van der Waals surface area contributed by atoms with Crippen LogP contribution in [0, 0.1) is 0 Å². The van der Waals surface area contributed by atoms with Gasteiger partial charge in [-0.2, -0.15) is 0 Å². The highest BCUT2D eigenvalue weighted by Gasteiger charge is 2.52. The summed E-state index contributed by atoms with van der Waals surface area (Å²) < 4.78 is 0. The molecule has 0 N–H and O–H groups in total. The van der Waals surface area contributed by atoms with Crippen LogP contribution in [0.15, 0.2) is 176 Å². The van der Waals surface area contributed by atoms with Crippen molar-refractivity contribution in [2.45, 2.75) is 56.8 Å². The van der Waals surface area contributed by atoms with Crippen LogP contribution < -0.4 is 4.90 Å². The summed E-state index contributed by atoms with van der Waals surface area (Å²) in [6.07, 6.45) is 9.76. The third kappa shape index (κ3) is 4.96. The van der Waals surface area contributed by atoms with Crippen molar-refractivity contribution in [3.8, 4) is 44.5 Å². The highest BCUT2D eigenvalue weighted by atomic mass is 15.1. The van der Waals surface area contributed by atoms with Gasteiger partial charge in [0, 0.05) is 16.9 Å². The van der Waals surface area contributed by atoms with Crippen LogP contribution in [0.3, 0.4) is 0 Å². The van der Waals surface area contributed by atoms with Gasteiger partial charge in [-0.05, 0) is 171 Å². The van der Waals surface area contributed by atoms with Gasteiger partial charge in [0.05, 0.1) is 11.1 Å². The first-order valence-corrected chi connectivity index (χ1v) is 21.4. The lowest BCUT2D eigenvalue weighted by molar-refractivity contribution is 0.685. The number of hydrogen-bond donors (Lipinski definition) is 0. The Balaban J connectivity index is 1.14. The van der Waals surface area contributed by atoms with Crippen molar-refractivity contribution in [3.05, 3.63) is 220 Å². The summed E-state index contributed by atoms with van der Waals surface area (Å²) >= 11 is 0. The van der Waals surface area contributed by atoms with Crippen molar-refractivity contribution in [3.63, 3.8) is 0 Å². The molecule has 0 radical (unpaired) electrons. The first kappa shape index (κ1) is 33.7. The van der Waals surface area contributed by atoms with Crippen LogP contribution in [0.5, 0.6) is 0 Å². The van der Waals surface area contributed by atoms with E-state index in [4.69, 9.17) is 0 Å². The molecule has 0 saturated heterocycles. The van der Waals surface area contributed by atoms with E-state index in [0.29, 0.717) is 0 Å². The van der Waals surface area contributed by atoms with Gasteiger partial charge >= 0.3 is 0 Å². The Kier molecular flexibility index (Phi) is 7.73. The Labute approximate surface area is 342 Å². The molecular formula is C57H45N. The first-order valence-electron chi connectivity index (χ1n) is 21.4. The predicted octanol–water partition coefficient (Wildman–Crippen LogP) is 14.6. The van der Waals surface area contributed by atoms with Crippen LogP contribution in [0.2, 0.25) is 0 Å². The van der Waals surface area contributed by atoms with Crippen molar-refractivity contribution in [1.82, 2.24) is 0 Å². The van der Waals surface area contributed by atoms with Crippen LogP contribution in [0.4, 0.5) is 17.1 Å². The van der Waals surface area contributed by atoms with Crippen molar-refractivity contribution in [2.24, 2.45) is 0 Å². The molecule has 0 amide bonds. The zero-order chi connectivity index (χ0) is 38.2. The van der Waals surface area contributed by atoms with Crippen molar-refractivity contribution in [1.29, 1.82) is 0 Å². The fourth-order valence-electron chi connectivity index (χ4n) is 11.3. The Bertz CT molecular complexity index is 2850. The van der Waals surface area contributed by atoms with E-state index in [0.717, 1.165) is 6.42 Å². The predicted molar refractivity (Wildman–Crippen MR) is 242 cm³/mol. The number of anilines is 3. The number of para-hydroxylation sites is 1. The van der Waals surface area contributed by atoms with Gasteiger partial charge in [0.25, 0.3) is 0 Å². The molecule has 58 heavy (non-hydrogen) atoms. The Morgan fingerprint density at radius 1 is 0.328 bits per heavy atom. The fraction of sp³-hybridized carbons (Fsp3) is 0.158. The quantitative estimate of drug-likeness (QED) is 0.170. The lowest BCUT2D eigenvalue weighted by atomic mass is 9.70. The van der Waals surface area contributed by atoms with Gasteiger partial charge in [0.1, 0.15) is 0 Å². The van der Waals surface area contributed by atoms with Gasteiger partial charge < -0.3 is 4.90 Å². The summed E-state index contributed by atoms with van der Waals surface area (Å²) in [6, 6.07) is 67.4. The van der Waals surface area contributed by atoms with E-state index in [1.807, 2.05) is 0 Å². The molecule has 0 bridgehead atoms. The van der Waals surface area contributed by atoms with E-state index in [1.165, 1.54) is 145 Å². The average Bonchev–Trinajstić information content (AvgIpc) is 3.76. The maximum Gasteiger partial charge on any atom is 0.0726 e. The van der Waals surface area contributed by atoms with Crippen molar-refractivity contribution < 1.29 is 0 Å². The van der Waals surface area contributed by atoms with Gasteiger partial charge in [-0.25, -0.2) is 0 Å². The normalized spacial score (nSPS) is 15.2. The molecule has 8 aromatic rings. The minimum atomic E-state index is -0.430. The van der Waals surface area contributed by atoms with Gasteiger partial charge in [-0.3, -0.25) is 0 Å². The molecule has 0 unspecified atom stereocenters. The number of nitrogens with zero attached hydrogens (tertiary/aromatic N) is 1. The lowest BCUT2D eigenvalue weighted by Gasteiger charge is -2.33. The van der Waals surface area contributed by atoms with Gasteiger partial charge in [-0.1, -0.05) is 140 Å². The molecular weight excluding hydrogens is 699 g/mol. The molecule has 8 aromatic carbocycles. The standard InChI is InChI=1S/C57H45N/c1-2-19-43(20-3-1)58(44-34-33-38-15-4-5-17-42(38)35-44)56-37-55-51(36-50(56)41-31-29-40(30-32-41)46-25-14-18-39-16-6-7-21-45(39)46)49-24-10-13-28-54(49)57(55)52-26-11-8-22-47(52)48-23-9-12-27-53(48)57/h1-3,8-14,18-20,22-37H,4-7,15-17,21H2. The Hall–Kier alpha value is -6.44. The van der Waals surface area contributed by atoms with Crippen LogP contribution >= 0.6 is 0 Å². The van der Waals surface area contributed by atoms with E-state index in [-0.39, 0.29) is 0 Å². The molecule has 0 atom stereocenters. The summed E-state index contributed by atoms with van der Waals surface area (Å²) in [5, 5.41) is 0. The minimum Gasteiger partial charge on any atom is -0.310 e. The maximum absolute atomic E-state index is 2.58. The van der Waals surface area contributed by atoms with Crippen molar-refractivity contribution in [2.75, 3.05) is 4.90 Å². The van der Waals surface area contributed by atoms with Crippen LogP contribution in [-0.2, 0) is 31.1 Å². The first-order chi connectivity index (χ1) is 28.8. The smallest absolute Gasteiger partial charge is 0.0726 e. The molecule has 0 fully saturated rings. The molecule has 1 nitrogen and oxygen atoms in total. The summed E-state index contributed by atoms with van der Waals surface area (Å²) in [6.45, 7) is 0. The third-order valence-corrected chi connectivity index (χ3v) is 13.9. The third-order valence-electron chi connectivity index (χ3n) is 13.9. The second kappa shape index (κ2) is 13.3. The molecule has 12 rings (SSSR count). The minimum absolute atomic E-state index is 0.430. The second-order valence-electron chi connectivity index (χ2n) is 16.9. The van der Waals surface area contributed by atoms with E-state index in [9.17, 15) is 0 Å². The molecule has 278 valence electrons. The summed E-state index contributed by atoms with van der Waals surface area (Å²) in [5.74, 6) is 0. The lowest BCUT2D eigenvalue weighted by Crippen LogP contribution is -2.26. The highest BCUT2D eigenvalue weighted by molar-refractivity contribution is 6.00. The number of fused-ring (bicyclic) bond motifs is 12. The SMILES string of the molecule is c1ccc(N(c2ccc3c(c2)CCCC3)c2cc3c(cc2-c2ccc(-c4cccc5c4CCCC5)cc2)-c2ccccc2C32c3ccccc3-c3ccccc32)cc1. The van der Waals surface area contributed by atoms with Crippen LogP contribution in [-0.4, -0.2) is 0 Å². The highest BCUT2D eigenvalue weighted by Crippen LogP contribution is 2.64. The number of benzene rings is 8. The van der Waals surface area contributed by atoms with Crippen molar-refractivity contribution >= 4 is 17.1 Å². The van der Waals surface area contributed by atoms with Gasteiger partial charge in [-0.15, -0.1) is 0 Å². The Morgan fingerprint density at radius 2 is 0.879 bits per heavy atom. The van der Waals surface area contributed by atoms with E-state index in [2.05, 4.69) is 181 Å². The summed E-state index contributed by atoms with van der Waals surface area (Å²) in [5.41, 5.74) is 25.2.